The summed E-state index contributed by atoms with van der Waals surface area (Å²) in [5.74, 6) is -0.503. The van der Waals surface area contributed by atoms with E-state index in [-0.39, 0.29) is 25.7 Å². The van der Waals surface area contributed by atoms with E-state index in [0.717, 1.165) is 102 Å². The van der Waals surface area contributed by atoms with Crippen molar-refractivity contribution in [3.05, 3.63) is 0 Å². The lowest BCUT2D eigenvalue weighted by Gasteiger charge is -2.21. The number of phosphoric acid groups is 2. The average Bonchev–Trinajstić information content (AvgIpc) is 0.915. The van der Waals surface area contributed by atoms with Gasteiger partial charge in [-0.3, -0.25) is 37.3 Å². The maximum absolute atomic E-state index is 13.2. The lowest BCUT2D eigenvalue weighted by Crippen LogP contribution is -2.30. The van der Waals surface area contributed by atoms with E-state index in [9.17, 15) is 43.2 Å². The van der Waals surface area contributed by atoms with Gasteiger partial charge in [0.15, 0.2) is 12.2 Å². The molecule has 17 nitrogen and oxygen atoms in total. The number of rotatable bonds is 85. The van der Waals surface area contributed by atoms with Crippen LogP contribution in [0.4, 0.5) is 0 Å². The van der Waals surface area contributed by atoms with Crippen LogP contribution in [0.1, 0.15) is 459 Å². The van der Waals surface area contributed by atoms with Crippen molar-refractivity contribution in [2.24, 2.45) is 11.8 Å². The molecule has 0 aromatic carbocycles. The van der Waals surface area contributed by atoms with E-state index in [4.69, 9.17) is 37.0 Å². The maximum atomic E-state index is 13.2. The molecule has 105 heavy (non-hydrogen) atoms. The summed E-state index contributed by atoms with van der Waals surface area (Å²) in [6, 6.07) is 0. The average molecular weight is 1540 g/mol. The zero-order valence-corrected chi connectivity index (χ0v) is 70.8. The van der Waals surface area contributed by atoms with Crippen LogP contribution in [0.15, 0.2) is 0 Å². The molecule has 0 rings (SSSR count). The number of hydrogen-bond donors (Lipinski definition) is 3. The zero-order valence-electron chi connectivity index (χ0n) is 69.0. The second-order valence-electron chi connectivity index (χ2n) is 31.6. The lowest BCUT2D eigenvalue weighted by atomic mass is 9.99. The Morgan fingerprint density at radius 1 is 0.276 bits per heavy atom. The van der Waals surface area contributed by atoms with Gasteiger partial charge >= 0.3 is 39.5 Å². The molecule has 3 N–H and O–H groups in total. The van der Waals surface area contributed by atoms with Crippen LogP contribution in [0.25, 0.3) is 0 Å². The fraction of sp³-hybridized carbons (Fsp3) is 0.953. The highest BCUT2D eigenvalue weighted by Crippen LogP contribution is 2.45. The summed E-state index contributed by atoms with van der Waals surface area (Å²) >= 11 is 0. The smallest absolute Gasteiger partial charge is 0.462 e. The summed E-state index contributed by atoms with van der Waals surface area (Å²) in [6.07, 6.45) is 69.4. The first-order valence-electron chi connectivity index (χ1n) is 44.5. The van der Waals surface area contributed by atoms with Gasteiger partial charge in [-0.1, -0.05) is 408 Å². The molecule has 0 aliphatic carbocycles. The number of esters is 4. The van der Waals surface area contributed by atoms with Crippen molar-refractivity contribution in [1.82, 2.24) is 0 Å². The van der Waals surface area contributed by atoms with E-state index in [1.165, 1.54) is 276 Å². The molecular weight excluding hydrogens is 1370 g/mol. The van der Waals surface area contributed by atoms with Gasteiger partial charge in [0.2, 0.25) is 0 Å². The van der Waals surface area contributed by atoms with Crippen molar-refractivity contribution >= 4 is 39.5 Å². The highest BCUT2D eigenvalue weighted by atomic mass is 31.2. The second-order valence-corrected chi connectivity index (χ2v) is 34.6. The van der Waals surface area contributed by atoms with Crippen molar-refractivity contribution in [1.29, 1.82) is 0 Å². The quantitative estimate of drug-likeness (QED) is 0.0222. The van der Waals surface area contributed by atoms with E-state index >= 15 is 0 Å². The Labute approximate surface area is 645 Å². The highest BCUT2D eigenvalue weighted by Gasteiger charge is 2.30. The van der Waals surface area contributed by atoms with Gasteiger partial charge in [-0.05, 0) is 37.5 Å². The number of aliphatic hydroxyl groups excluding tert-OH is 1. The molecule has 0 aromatic heterocycles. The third kappa shape index (κ3) is 78.5. The van der Waals surface area contributed by atoms with Crippen molar-refractivity contribution in [2.75, 3.05) is 39.6 Å². The molecule has 0 bridgehead atoms. The van der Waals surface area contributed by atoms with Gasteiger partial charge in [-0.15, -0.1) is 0 Å². The molecule has 0 aliphatic heterocycles. The van der Waals surface area contributed by atoms with Gasteiger partial charge in [0.1, 0.15) is 19.3 Å². The Morgan fingerprint density at radius 3 is 0.724 bits per heavy atom. The molecule has 0 aliphatic rings. The number of hydrogen-bond acceptors (Lipinski definition) is 15. The van der Waals surface area contributed by atoms with Crippen LogP contribution >= 0.6 is 15.6 Å². The number of carbonyl (C=O) groups is 4. The standard InChI is InChI=1S/C86H168O17P2/c1-7-10-12-14-16-18-20-22-23-24-25-29-32-36-39-43-50-56-62-68-83(88)96-74-81(102-86(91)71-65-59-53-45-41-37-33-30-27-26-28-31-35-38-42-48-54-60-66-78(4)5)76-100-104(92,93)98-72-80(87)73-99-105(94,95)101-77-82(75-97-84(89)69-63-57-51-47-46-49-55-61-67-79(6)9-3)103-85(90)70-64-58-52-44-40-34-21-19-17-15-13-11-8-2/h78-82,87H,7-77H2,1-6H3,(H,92,93)(H,94,95)/t79?,80-,81-,82-/m1/s1. The number of unbranched alkanes of at least 4 members (excludes halogenated alkanes) is 54. The van der Waals surface area contributed by atoms with E-state index in [1.54, 1.807) is 0 Å². The summed E-state index contributed by atoms with van der Waals surface area (Å²) in [6.45, 7) is 9.71. The molecule has 0 radical (unpaired) electrons. The minimum Gasteiger partial charge on any atom is -0.462 e. The van der Waals surface area contributed by atoms with Gasteiger partial charge in [-0.2, -0.15) is 0 Å². The summed E-state index contributed by atoms with van der Waals surface area (Å²) in [7, 11) is -9.93. The van der Waals surface area contributed by atoms with Crippen LogP contribution in [0, 0.1) is 11.8 Å². The van der Waals surface area contributed by atoms with Crippen LogP contribution in [0.2, 0.25) is 0 Å². The molecule has 624 valence electrons. The molecule has 6 atom stereocenters. The SMILES string of the molecule is CCCCCCCCCCCCCCCCCCCCCC(=O)OC[C@H](COP(=O)(O)OC[C@@H](O)COP(=O)(O)OC[C@@H](COC(=O)CCCCCCCCCCC(C)CC)OC(=O)CCCCCCCCCCCCCCC)OC(=O)CCCCCCCCCCCCCCCCCCCCC(C)C. The van der Waals surface area contributed by atoms with E-state index in [1.807, 2.05) is 0 Å². The van der Waals surface area contributed by atoms with Gasteiger partial charge in [0.05, 0.1) is 26.4 Å². The molecular formula is C86H168O17P2. The molecule has 0 fully saturated rings. The van der Waals surface area contributed by atoms with Gasteiger partial charge in [-0.25, -0.2) is 9.13 Å². The lowest BCUT2D eigenvalue weighted by molar-refractivity contribution is -0.161. The number of aliphatic hydroxyl groups is 1. The van der Waals surface area contributed by atoms with Gasteiger partial charge in [0, 0.05) is 25.7 Å². The fourth-order valence-corrected chi connectivity index (χ4v) is 15.0. The van der Waals surface area contributed by atoms with Crippen LogP contribution < -0.4 is 0 Å². The molecule has 0 saturated carbocycles. The minimum atomic E-state index is -4.97. The first-order valence-corrected chi connectivity index (χ1v) is 47.5. The number of carbonyl (C=O) groups excluding carboxylic acids is 4. The topological polar surface area (TPSA) is 237 Å². The predicted octanol–water partition coefficient (Wildman–Crippen LogP) is 26.2. The number of phosphoric ester groups is 2. The van der Waals surface area contributed by atoms with E-state index in [2.05, 4.69) is 41.5 Å². The summed E-state index contributed by atoms with van der Waals surface area (Å²) in [5, 5.41) is 10.7. The van der Waals surface area contributed by atoms with Crippen LogP contribution in [-0.4, -0.2) is 96.7 Å². The first kappa shape index (κ1) is 103. The molecule has 0 heterocycles. The Hall–Kier alpha value is -1.94. The fourth-order valence-electron chi connectivity index (χ4n) is 13.4. The van der Waals surface area contributed by atoms with Gasteiger partial charge < -0.3 is 33.8 Å². The second kappa shape index (κ2) is 77.4. The minimum absolute atomic E-state index is 0.108. The first-order chi connectivity index (χ1) is 50.9. The summed E-state index contributed by atoms with van der Waals surface area (Å²) in [5.41, 5.74) is 0. The molecule has 0 saturated heterocycles. The van der Waals surface area contributed by atoms with Crippen molar-refractivity contribution < 1.29 is 80.2 Å². The van der Waals surface area contributed by atoms with E-state index < -0.39 is 97.5 Å². The highest BCUT2D eigenvalue weighted by molar-refractivity contribution is 7.47. The summed E-state index contributed by atoms with van der Waals surface area (Å²) < 4.78 is 68.9. The molecule has 3 unspecified atom stereocenters. The summed E-state index contributed by atoms with van der Waals surface area (Å²) in [4.78, 5) is 73.2. The third-order valence-corrected chi connectivity index (χ3v) is 22.5. The van der Waals surface area contributed by atoms with Gasteiger partial charge in [0.25, 0.3) is 0 Å². The molecule has 0 spiro atoms. The molecule has 0 amide bonds. The Kier molecular flexibility index (Phi) is 76.0. The van der Waals surface area contributed by atoms with Crippen LogP contribution in [0.5, 0.6) is 0 Å². The normalized spacial score (nSPS) is 14.1. The molecule has 0 aromatic rings. The van der Waals surface area contributed by atoms with Crippen LogP contribution in [0.3, 0.4) is 0 Å². The third-order valence-electron chi connectivity index (χ3n) is 20.6. The monoisotopic (exact) mass is 1540 g/mol. The Bertz CT molecular complexity index is 2010. The Morgan fingerprint density at radius 2 is 0.486 bits per heavy atom. The maximum Gasteiger partial charge on any atom is 0.472 e. The van der Waals surface area contributed by atoms with E-state index in [0.29, 0.717) is 25.7 Å². The number of ether oxygens (including phenoxy) is 4. The van der Waals surface area contributed by atoms with Crippen molar-refractivity contribution in [2.45, 2.75) is 477 Å². The van der Waals surface area contributed by atoms with Crippen LogP contribution in [-0.2, 0) is 65.4 Å². The van der Waals surface area contributed by atoms with Crippen molar-refractivity contribution in [3.63, 3.8) is 0 Å². The Balaban J connectivity index is 5.24. The zero-order chi connectivity index (χ0) is 77.1. The van der Waals surface area contributed by atoms with Crippen molar-refractivity contribution in [3.8, 4) is 0 Å². The predicted molar refractivity (Wildman–Crippen MR) is 432 cm³/mol. The largest absolute Gasteiger partial charge is 0.472 e. The molecule has 19 heteroatoms.